The van der Waals surface area contributed by atoms with Crippen LogP contribution in [0.15, 0.2) is 87.4 Å². The largest absolute Gasteiger partial charge is 0.490 e. The molecule has 1 aromatic heterocycles. The highest BCUT2D eigenvalue weighted by Gasteiger charge is 2.32. The van der Waals surface area contributed by atoms with Gasteiger partial charge in [0.25, 0.3) is 0 Å². The maximum atomic E-state index is 12.9. The Hall–Kier alpha value is -5.23. The Labute approximate surface area is 236 Å². The van der Waals surface area contributed by atoms with Crippen molar-refractivity contribution in [3.05, 3.63) is 105 Å². The third kappa shape index (κ3) is 5.58. The molecule has 9 nitrogen and oxygen atoms in total. The van der Waals surface area contributed by atoms with Crippen molar-refractivity contribution in [1.82, 2.24) is 0 Å². The van der Waals surface area contributed by atoms with Crippen molar-refractivity contribution in [1.29, 1.82) is 5.26 Å². The minimum absolute atomic E-state index is 0.0649. The van der Waals surface area contributed by atoms with Crippen LogP contribution in [0.25, 0.3) is 11.0 Å². The molecule has 0 bridgehead atoms. The zero-order chi connectivity index (χ0) is 28.9. The van der Waals surface area contributed by atoms with Gasteiger partial charge in [-0.05, 0) is 49.2 Å². The number of nitrogens with two attached hydrogens (primary N) is 1. The molecule has 0 radical (unpaired) electrons. The molecule has 1 atom stereocenters. The normalized spacial score (nSPS) is 14.1. The molecule has 3 aromatic carbocycles. The van der Waals surface area contributed by atoms with Gasteiger partial charge in [-0.25, -0.2) is 9.59 Å². The molecule has 9 heteroatoms. The lowest BCUT2D eigenvalue weighted by Gasteiger charge is -2.27. The van der Waals surface area contributed by atoms with Gasteiger partial charge in [-0.1, -0.05) is 43.7 Å². The smallest absolute Gasteiger partial charge is 0.351 e. The lowest BCUT2D eigenvalue weighted by Crippen LogP contribution is -2.22. The first-order valence-electron chi connectivity index (χ1n) is 13.3. The number of hydrogen-bond acceptors (Lipinski definition) is 9. The number of ether oxygens (including phenoxy) is 4. The third-order valence-electron chi connectivity index (χ3n) is 6.62. The van der Waals surface area contributed by atoms with E-state index in [1.165, 1.54) is 12.1 Å². The molecule has 0 spiro atoms. The van der Waals surface area contributed by atoms with E-state index in [1.807, 2.05) is 25.1 Å². The van der Waals surface area contributed by atoms with Crippen LogP contribution >= 0.6 is 0 Å². The highest BCUT2D eigenvalue weighted by atomic mass is 16.5. The summed E-state index contributed by atoms with van der Waals surface area (Å²) in [6, 6.07) is 20.7. The highest BCUT2D eigenvalue weighted by Crippen LogP contribution is 2.45. The summed E-state index contributed by atoms with van der Waals surface area (Å²) in [5, 5.41) is 10.5. The van der Waals surface area contributed by atoms with E-state index < -0.39 is 17.5 Å². The Kier molecular flexibility index (Phi) is 7.92. The quantitative estimate of drug-likeness (QED) is 0.118. The first kappa shape index (κ1) is 27.3. The maximum absolute atomic E-state index is 12.9. The fraction of sp³-hybridized carbons (Fsp3) is 0.219. The molecule has 1 unspecified atom stereocenters. The lowest BCUT2D eigenvalue weighted by atomic mass is 9.83. The fourth-order valence-electron chi connectivity index (χ4n) is 4.63. The van der Waals surface area contributed by atoms with Crippen molar-refractivity contribution in [2.45, 2.75) is 32.6 Å². The molecule has 0 saturated carbocycles. The summed E-state index contributed by atoms with van der Waals surface area (Å²) in [5.41, 5.74) is 7.12. The van der Waals surface area contributed by atoms with E-state index in [0.717, 1.165) is 18.4 Å². The van der Waals surface area contributed by atoms with Crippen LogP contribution in [0.2, 0.25) is 0 Å². The second kappa shape index (κ2) is 11.9. The predicted octanol–water partition coefficient (Wildman–Crippen LogP) is 5.81. The molecule has 1 aliphatic rings. The van der Waals surface area contributed by atoms with Crippen LogP contribution in [0.5, 0.6) is 23.0 Å². The van der Waals surface area contributed by atoms with Gasteiger partial charge in [0.15, 0.2) is 11.5 Å². The summed E-state index contributed by atoms with van der Waals surface area (Å²) >= 11 is 0. The predicted molar refractivity (Wildman–Crippen MR) is 151 cm³/mol. The number of esters is 1. The SMILES string of the molecule is CCCCOc1ccc(C2C(C#N)=C(N)Oc3cc(OC(=O)c4cc5ccccc5oc4=O)ccc32)cc1OCC. The summed E-state index contributed by atoms with van der Waals surface area (Å²) in [6.45, 7) is 4.97. The molecule has 41 heavy (non-hydrogen) atoms. The highest BCUT2D eigenvalue weighted by molar-refractivity contribution is 5.94. The van der Waals surface area contributed by atoms with Crippen molar-refractivity contribution in [2.24, 2.45) is 5.73 Å². The van der Waals surface area contributed by atoms with Gasteiger partial charge >= 0.3 is 11.6 Å². The lowest BCUT2D eigenvalue weighted by molar-refractivity contribution is 0.0730. The summed E-state index contributed by atoms with van der Waals surface area (Å²) in [5.74, 6) is 0.108. The molecular formula is C32H28N2O7. The Morgan fingerprint density at radius 2 is 1.85 bits per heavy atom. The molecule has 2 heterocycles. The van der Waals surface area contributed by atoms with Crippen LogP contribution in [-0.2, 0) is 0 Å². The Morgan fingerprint density at radius 3 is 2.63 bits per heavy atom. The first-order chi connectivity index (χ1) is 19.9. The van der Waals surface area contributed by atoms with Gasteiger partial charge in [0.1, 0.15) is 34.3 Å². The first-order valence-corrected chi connectivity index (χ1v) is 13.3. The molecule has 5 rings (SSSR count). The zero-order valence-corrected chi connectivity index (χ0v) is 22.6. The molecule has 0 aliphatic carbocycles. The van der Waals surface area contributed by atoms with Crippen LogP contribution in [0.1, 0.15) is 54.1 Å². The number of benzene rings is 3. The number of fused-ring (bicyclic) bond motifs is 2. The monoisotopic (exact) mass is 552 g/mol. The zero-order valence-electron chi connectivity index (χ0n) is 22.6. The van der Waals surface area contributed by atoms with Crippen LogP contribution in [-0.4, -0.2) is 19.2 Å². The van der Waals surface area contributed by atoms with Crippen molar-refractivity contribution < 1.29 is 28.2 Å². The van der Waals surface area contributed by atoms with Gasteiger partial charge in [0.05, 0.1) is 19.1 Å². The van der Waals surface area contributed by atoms with Crippen molar-refractivity contribution in [3.63, 3.8) is 0 Å². The number of allylic oxidation sites excluding steroid dienone is 1. The van der Waals surface area contributed by atoms with E-state index in [1.54, 1.807) is 36.4 Å². The van der Waals surface area contributed by atoms with E-state index in [-0.39, 0.29) is 22.8 Å². The van der Waals surface area contributed by atoms with Crippen molar-refractivity contribution >= 4 is 16.9 Å². The fourth-order valence-corrected chi connectivity index (χ4v) is 4.63. The van der Waals surface area contributed by atoms with E-state index in [4.69, 9.17) is 29.1 Å². The maximum Gasteiger partial charge on any atom is 0.351 e. The molecule has 1 aliphatic heterocycles. The molecule has 4 aromatic rings. The van der Waals surface area contributed by atoms with E-state index in [9.17, 15) is 14.9 Å². The summed E-state index contributed by atoms with van der Waals surface area (Å²) in [4.78, 5) is 25.3. The van der Waals surface area contributed by atoms with Crippen LogP contribution in [0, 0.1) is 11.3 Å². The van der Waals surface area contributed by atoms with Crippen LogP contribution < -0.4 is 30.3 Å². The number of para-hydroxylation sites is 1. The number of carbonyl (C=O) groups excluding carboxylic acids is 1. The van der Waals surface area contributed by atoms with E-state index >= 15 is 0 Å². The van der Waals surface area contributed by atoms with Gasteiger partial charge in [-0.3, -0.25) is 0 Å². The van der Waals surface area contributed by atoms with Crippen molar-refractivity contribution in [2.75, 3.05) is 13.2 Å². The van der Waals surface area contributed by atoms with Crippen molar-refractivity contribution in [3.8, 4) is 29.1 Å². The van der Waals surface area contributed by atoms with Gasteiger partial charge in [-0.2, -0.15) is 5.26 Å². The van der Waals surface area contributed by atoms with Crippen LogP contribution in [0.4, 0.5) is 0 Å². The number of rotatable bonds is 9. The molecule has 2 N–H and O–H groups in total. The second-order valence-corrected chi connectivity index (χ2v) is 9.34. The molecule has 0 fully saturated rings. The topological polar surface area (TPSA) is 134 Å². The number of unbranched alkanes of at least 4 members (excludes halogenated alkanes) is 1. The summed E-state index contributed by atoms with van der Waals surface area (Å²) < 4.78 is 28.3. The van der Waals surface area contributed by atoms with E-state index in [0.29, 0.717) is 47.0 Å². The molecule has 0 saturated heterocycles. The number of hydrogen-bond donors (Lipinski definition) is 1. The van der Waals surface area contributed by atoms with Crippen LogP contribution in [0.3, 0.4) is 0 Å². The molecular weight excluding hydrogens is 524 g/mol. The third-order valence-corrected chi connectivity index (χ3v) is 6.62. The number of nitriles is 1. The second-order valence-electron chi connectivity index (χ2n) is 9.34. The number of carbonyl (C=O) groups is 1. The van der Waals surface area contributed by atoms with E-state index in [2.05, 4.69) is 13.0 Å². The summed E-state index contributed by atoms with van der Waals surface area (Å²) in [6.07, 6.45) is 1.92. The standard InChI is InChI=1S/C32H28N2O7/c1-3-5-14-38-26-13-10-20(16-28(26)37-4-2)29-22-12-11-21(17-27(22)40-30(34)24(29)18-33)39-31(35)23-15-19-8-6-7-9-25(19)41-32(23)36/h6-13,15-17,29H,3-5,14,34H2,1-2H3. The number of nitrogens with zero attached hydrogens (tertiary/aromatic N) is 1. The summed E-state index contributed by atoms with van der Waals surface area (Å²) in [7, 11) is 0. The average molecular weight is 553 g/mol. The Bertz CT molecular complexity index is 1750. The minimum atomic E-state index is -0.877. The average Bonchev–Trinajstić information content (AvgIpc) is 2.97. The van der Waals surface area contributed by atoms with Gasteiger partial charge in [0, 0.05) is 17.0 Å². The Balaban J connectivity index is 1.47. The molecule has 0 amide bonds. The van der Waals surface area contributed by atoms with Gasteiger partial charge in [-0.15, -0.1) is 0 Å². The Morgan fingerprint density at radius 1 is 1.02 bits per heavy atom. The molecule has 208 valence electrons. The minimum Gasteiger partial charge on any atom is -0.490 e. The van der Waals surface area contributed by atoms with Gasteiger partial charge < -0.3 is 29.1 Å². The van der Waals surface area contributed by atoms with Gasteiger partial charge in [0.2, 0.25) is 5.88 Å².